The highest BCUT2D eigenvalue weighted by Crippen LogP contribution is 2.14. The third-order valence-corrected chi connectivity index (χ3v) is 3.00. The molecule has 3 N–H and O–H groups in total. The van der Waals surface area contributed by atoms with Crippen molar-refractivity contribution >= 4 is 0 Å². The van der Waals surface area contributed by atoms with Crippen LogP contribution in [0.15, 0.2) is 0 Å². The second kappa shape index (κ2) is 8.04. The van der Waals surface area contributed by atoms with Gasteiger partial charge in [0.25, 0.3) is 0 Å². The monoisotopic (exact) mass is 230 g/mol. The molecule has 0 aliphatic heterocycles. The van der Waals surface area contributed by atoms with Crippen LogP contribution < -0.4 is 5.73 Å². The predicted octanol–water partition coefficient (Wildman–Crippen LogP) is 1.84. The summed E-state index contributed by atoms with van der Waals surface area (Å²) in [5, 5.41) is 9.53. The molecule has 0 aromatic heterocycles. The van der Waals surface area contributed by atoms with Crippen LogP contribution in [0.4, 0.5) is 0 Å². The van der Waals surface area contributed by atoms with Gasteiger partial charge >= 0.3 is 0 Å². The van der Waals surface area contributed by atoms with Gasteiger partial charge in [0, 0.05) is 18.1 Å². The van der Waals surface area contributed by atoms with Gasteiger partial charge in [-0.2, -0.15) is 0 Å². The lowest BCUT2D eigenvalue weighted by Crippen LogP contribution is -2.53. The standard InChI is InChI=1S/C13H30N2O/c1-6-7-15(11(4)5)13(9-16)12(14)8-10(2)3/h10-13,16H,6-9,14H2,1-5H3. The van der Waals surface area contributed by atoms with Crippen molar-refractivity contribution in [2.24, 2.45) is 11.7 Å². The van der Waals surface area contributed by atoms with E-state index >= 15 is 0 Å². The maximum Gasteiger partial charge on any atom is 0.0602 e. The van der Waals surface area contributed by atoms with Crippen molar-refractivity contribution in [1.29, 1.82) is 0 Å². The first-order chi connectivity index (χ1) is 7.43. The van der Waals surface area contributed by atoms with Crippen LogP contribution in [0.3, 0.4) is 0 Å². The Kier molecular flexibility index (Phi) is 7.98. The van der Waals surface area contributed by atoms with Crippen molar-refractivity contribution in [2.75, 3.05) is 13.2 Å². The first kappa shape index (κ1) is 15.9. The molecule has 0 rings (SSSR count). The van der Waals surface area contributed by atoms with Crippen molar-refractivity contribution in [3.05, 3.63) is 0 Å². The van der Waals surface area contributed by atoms with E-state index in [1.165, 1.54) is 0 Å². The van der Waals surface area contributed by atoms with Crippen molar-refractivity contribution in [3.8, 4) is 0 Å². The fraction of sp³-hybridized carbons (Fsp3) is 1.00. The molecule has 0 amide bonds. The molecule has 0 aromatic rings. The molecule has 0 bridgehead atoms. The Morgan fingerprint density at radius 1 is 1.19 bits per heavy atom. The normalized spacial score (nSPS) is 16.1. The van der Waals surface area contributed by atoms with Crippen LogP contribution in [0.2, 0.25) is 0 Å². The maximum absolute atomic E-state index is 9.53. The molecule has 2 atom stereocenters. The van der Waals surface area contributed by atoms with E-state index in [2.05, 4.69) is 39.5 Å². The van der Waals surface area contributed by atoms with Crippen LogP contribution in [0, 0.1) is 5.92 Å². The summed E-state index contributed by atoms with van der Waals surface area (Å²) in [7, 11) is 0. The number of nitrogens with two attached hydrogens (primary N) is 1. The molecule has 0 saturated carbocycles. The van der Waals surface area contributed by atoms with Crippen LogP contribution >= 0.6 is 0 Å². The number of nitrogens with zero attached hydrogens (tertiary/aromatic N) is 1. The number of aliphatic hydroxyl groups is 1. The largest absolute Gasteiger partial charge is 0.395 e. The average molecular weight is 230 g/mol. The summed E-state index contributed by atoms with van der Waals surface area (Å²) in [4.78, 5) is 2.33. The molecule has 0 fully saturated rings. The summed E-state index contributed by atoms with van der Waals surface area (Å²) >= 11 is 0. The lowest BCUT2D eigenvalue weighted by atomic mass is 9.96. The van der Waals surface area contributed by atoms with Crippen molar-refractivity contribution in [3.63, 3.8) is 0 Å². The smallest absolute Gasteiger partial charge is 0.0602 e. The van der Waals surface area contributed by atoms with Gasteiger partial charge in [-0.3, -0.25) is 4.90 Å². The van der Waals surface area contributed by atoms with Gasteiger partial charge in [-0.05, 0) is 39.2 Å². The highest BCUT2D eigenvalue weighted by molar-refractivity contribution is 4.84. The summed E-state index contributed by atoms with van der Waals surface area (Å²) in [6, 6.07) is 0.608. The SMILES string of the molecule is CCCN(C(C)C)C(CO)C(N)CC(C)C. The first-order valence-corrected chi connectivity index (χ1v) is 6.56. The van der Waals surface area contributed by atoms with Crippen LogP contribution in [0.5, 0.6) is 0 Å². The Bertz CT molecular complexity index is 171. The molecule has 3 heteroatoms. The van der Waals surface area contributed by atoms with E-state index in [9.17, 15) is 5.11 Å². The third kappa shape index (κ3) is 5.28. The van der Waals surface area contributed by atoms with Crippen LogP contribution in [-0.4, -0.2) is 41.3 Å². The Hall–Kier alpha value is -0.120. The first-order valence-electron chi connectivity index (χ1n) is 6.56. The van der Waals surface area contributed by atoms with Crippen molar-refractivity contribution < 1.29 is 5.11 Å². The molecule has 0 aromatic carbocycles. The molecule has 98 valence electrons. The second-order valence-electron chi connectivity index (χ2n) is 5.37. The van der Waals surface area contributed by atoms with Gasteiger partial charge in [0.2, 0.25) is 0 Å². The van der Waals surface area contributed by atoms with Gasteiger partial charge in [0.1, 0.15) is 0 Å². The molecule has 16 heavy (non-hydrogen) atoms. The highest BCUT2D eigenvalue weighted by atomic mass is 16.3. The zero-order valence-corrected chi connectivity index (χ0v) is 11.6. The predicted molar refractivity (Wildman–Crippen MR) is 70.4 cm³/mol. The summed E-state index contributed by atoms with van der Waals surface area (Å²) in [5.74, 6) is 0.583. The van der Waals surface area contributed by atoms with Crippen LogP contribution in [-0.2, 0) is 0 Å². The van der Waals surface area contributed by atoms with E-state index < -0.39 is 0 Å². The van der Waals surface area contributed by atoms with Crippen LogP contribution in [0.1, 0.15) is 47.5 Å². The van der Waals surface area contributed by atoms with Crippen LogP contribution in [0.25, 0.3) is 0 Å². The van der Waals surface area contributed by atoms with E-state index in [0.717, 1.165) is 19.4 Å². The average Bonchev–Trinajstić information content (AvgIpc) is 2.16. The molecule has 0 saturated heterocycles. The van der Waals surface area contributed by atoms with Crippen molar-refractivity contribution in [1.82, 2.24) is 4.90 Å². The quantitative estimate of drug-likeness (QED) is 0.669. The minimum Gasteiger partial charge on any atom is -0.395 e. The fourth-order valence-electron chi connectivity index (χ4n) is 2.25. The lowest BCUT2D eigenvalue weighted by molar-refractivity contribution is 0.0734. The summed E-state index contributed by atoms with van der Waals surface area (Å²) in [6.45, 7) is 12.0. The summed E-state index contributed by atoms with van der Waals surface area (Å²) in [6.07, 6.45) is 2.07. The third-order valence-electron chi connectivity index (χ3n) is 3.00. The maximum atomic E-state index is 9.53. The van der Waals surface area contributed by atoms with E-state index in [0.29, 0.717) is 12.0 Å². The second-order valence-corrected chi connectivity index (χ2v) is 5.37. The molecule has 0 radical (unpaired) electrons. The van der Waals surface area contributed by atoms with Gasteiger partial charge in [-0.25, -0.2) is 0 Å². The molecule has 0 aliphatic carbocycles. The summed E-state index contributed by atoms with van der Waals surface area (Å²) in [5.41, 5.74) is 6.20. The van der Waals surface area contributed by atoms with E-state index in [1.54, 1.807) is 0 Å². The molecular formula is C13H30N2O. The van der Waals surface area contributed by atoms with E-state index in [1.807, 2.05) is 0 Å². The zero-order valence-electron chi connectivity index (χ0n) is 11.6. The van der Waals surface area contributed by atoms with Crippen molar-refractivity contribution in [2.45, 2.75) is 65.6 Å². The highest BCUT2D eigenvalue weighted by Gasteiger charge is 2.26. The molecule has 3 nitrogen and oxygen atoms in total. The lowest BCUT2D eigenvalue weighted by Gasteiger charge is -2.37. The van der Waals surface area contributed by atoms with Gasteiger partial charge in [0.05, 0.1) is 6.61 Å². The molecule has 0 heterocycles. The Balaban J connectivity index is 4.51. The minimum atomic E-state index is 0.0685. The minimum absolute atomic E-state index is 0.0685. The number of hydrogen-bond donors (Lipinski definition) is 2. The summed E-state index contributed by atoms with van der Waals surface area (Å²) < 4.78 is 0. The topological polar surface area (TPSA) is 49.5 Å². The van der Waals surface area contributed by atoms with Gasteiger partial charge in [-0.1, -0.05) is 20.8 Å². The Morgan fingerprint density at radius 2 is 1.75 bits per heavy atom. The number of rotatable bonds is 8. The van der Waals surface area contributed by atoms with Gasteiger partial charge in [0.15, 0.2) is 0 Å². The van der Waals surface area contributed by atoms with Gasteiger partial charge < -0.3 is 10.8 Å². The molecular weight excluding hydrogens is 200 g/mol. The number of hydrogen-bond acceptors (Lipinski definition) is 3. The number of aliphatic hydroxyl groups excluding tert-OH is 1. The molecule has 0 spiro atoms. The molecule has 0 aliphatic rings. The Labute approximate surface area is 101 Å². The van der Waals surface area contributed by atoms with Gasteiger partial charge in [-0.15, -0.1) is 0 Å². The molecule has 2 unspecified atom stereocenters. The fourth-order valence-corrected chi connectivity index (χ4v) is 2.25. The zero-order chi connectivity index (χ0) is 12.7. The van der Waals surface area contributed by atoms with E-state index in [4.69, 9.17) is 5.73 Å². The Morgan fingerprint density at radius 3 is 2.06 bits per heavy atom. The van der Waals surface area contributed by atoms with E-state index in [-0.39, 0.29) is 18.7 Å².